The van der Waals surface area contributed by atoms with E-state index < -0.39 is 0 Å². The second kappa shape index (κ2) is 8.03. The number of nitrogens with one attached hydrogen (secondary N) is 1. The molecule has 0 amide bonds. The molecule has 0 radical (unpaired) electrons. The Labute approximate surface area is 172 Å². The molecule has 0 aliphatic carbocycles. The molecule has 6 nitrogen and oxygen atoms in total. The molecule has 1 atom stereocenters. The number of fused-ring (bicyclic) bond motifs is 1. The molecule has 0 spiro atoms. The summed E-state index contributed by atoms with van der Waals surface area (Å²) in [6.07, 6.45) is 4.72. The van der Waals surface area contributed by atoms with Gasteiger partial charge in [0.15, 0.2) is 0 Å². The van der Waals surface area contributed by atoms with Crippen molar-refractivity contribution in [1.29, 1.82) is 0 Å². The molecule has 156 valence electrons. The Hall–Kier alpha value is -1.99. The van der Waals surface area contributed by atoms with Crippen molar-refractivity contribution in [3.05, 3.63) is 40.7 Å². The molecule has 1 aromatic heterocycles. The lowest BCUT2D eigenvalue weighted by molar-refractivity contribution is 0.205. The third-order valence-electron chi connectivity index (χ3n) is 6.77. The lowest BCUT2D eigenvalue weighted by Gasteiger charge is -2.30. The number of piperidine rings is 1. The standard InChI is InChI=1S/C22H31FN6/c1-16-11-20(28-7-2-3-8-28)19(23)12-18(16)14-27-9-10-29-21(15-27)25-26-22(29)17-5-4-6-24-13-17/h11-12,17,24H,2-10,13-15H2,1H3. The zero-order valence-corrected chi connectivity index (χ0v) is 17.3. The largest absolute Gasteiger partial charge is 0.369 e. The van der Waals surface area contributed by atoms with Gasteiger partial charge in [-0.3, -0.25) is 4.90 Å². The molecule has 29 heavy (non-hydrogen) atoms. The van der Waals surface area contributed by atoms with Gasteiger partial charge in [-0.25, -0.2) is 4.39 Å². The number of hydrogen-bond donors (Lipinski definition) is 1. The molecule has 1 aromatic carbocycles. The number of nitrogens with zero attached hydrogens (tertiary/aromatic N) is 5. The molecule has 2 fully saturated rings. The maximum Gasteiger partial charge on any atom is 0.147 e. The predicted octanol–water partition coefficient (Wildman–Crippen LogP) is 2.81. The minimum Gasteiger partial charge on any atom is -0.369 e. The van der Waals surface area contributed by atoms with Crippen LogP contribution in [0.4, 0.5) is 10.1 Å². The number of aryl methyl sites for hydroxylation is 1. The molecule has 5 rings (SSSR count). The molecule has 4 heterocycles. The molecular formula is C22H31FN6. The van der Waals surface area contributed by atoms with Crippen molar-refractivity contribution in [3.8, 4) is 0 Å². The van der Waals surface area contributed by atoms with E-state index >= 15 is 0 Å². The van der Waals surface area contributed by atoms with Crippen molar-refractivity contribution >= 4 is 5.69 Å². The van der Waals surface area contributed by atoms with Crippen LogP contribution in [0.3, 0.4) is 0 Å². The van der Waals surface area contributed by atoms with Crippen LogP contribution in [-0.2, 0) is 19.6 Å². The highest BCUT2D eigenvalue weighted by Crippen LogP contribution is 2.29. The molecule has 0 bridgehead atoms. The first-order valence-electron chi connectivity index (χ1n) is 11.1. The van der Waals surface area contributed by atoms with E-state index in [1.165, 1.54) is 18.4 Å². The van der Waals surface area contributed by atoms with Gasteiger partial charge >= 0.3 is 0 Å². The lowest BCUT2D eigenvalue weighted by atomic mass is 9.98. The van der Waals surface area contributed by atoms with Gasteiger partial charge in [0.05, 0.1) is 12.2 Å². The average molecular weight is 399 g/mol. The van der Waals surface area contributed by atoms with E-state index in [-0.39, 0.29) is 5.82 Å². The summed E-state index contributed by atoms with van der Waals surface area (Å²) in [5.41, 5.74) is 3.03. The smallest absolute Gasteiger partial charge is 0.147 e. The fourth-order valence-electron chi connectivity index (χ4n) is 5.06. The van der Waals surface area contributed by atoms with E-state index in [4.69, 9.17) is 0 Å². The Balaban J connectivity index is 1.29. The molecule has 2 saturated heterocycles. The second-order valence-electron chi connectivity index (χ2n) is 8.80. The summed E-state index contributed by atoms with van der Waals surface area (Å²) in [4.78, 5) is 4.54. The molecule has 3 aliphatic heterocycles. The minimum atomic E-state index is -0.0836. The number of halogens is 1. The van der Waals surface area contributed by atoms with Crippen LogP contribution in [0, 0.1) is 12.7 Å². The Kier molecular flexibility index (Phi) is 5.26. The Morgan fingerprint density at radius 3 is 2.76 bits per heavy atom. The van der Waals surface area contributed by atoms with Crippen LogP contribution in [0.2, 0.25) is 0 Å². The van der Waals surface area contributed by atoms with Crippen LogP contribution in [-0.4, -0.2) is 52.4 Å². The van der Waals surface area contributed by atoms with Gasteiger partial charge in [0, 0.05) is 45.2 Å². The van der Waals surface area contributed by atoms with E-state index in [1.807, 2.05) is 6.07 Å². The molecule has 3 aliphatic rings. The summed E-state index contributed by atoms with van der Waals surface area (Å²) in [6, 6.07) is 3.79. The molecule has 7 heteroatoms. The van der Waals surface area contributed by atoms with Gasteiger partial charge in [0.2, 0.25) is 0 Å². The molecule has 0 saturated carbocycles. The van der Waals surface area contributed by atoms with Crippen molar-refractivity contribution in [2.75, 3.05) is 37.6 Å². The van der Waals surface area contributed by atoms with Crippen LogP contribution in [0.25, 0.3) is 0 Å². The molecule has 1 unspecified atom stereocenters. The van der Waals surface area contributed by atoms with Crippen molar-refractivity contribution in [2.45, 2.75) is 58.2 Å². The van der Waals surface area contributed by atoms with Gasteiger partial charge in [-0.2, -0.15) is 0 Å². The van der Waals surface area contributed by atoms with Gasteiger partial charge in [0.25, 0.3) is 0 Å². The quantitative estimate of drug-likeness (QED) is 0.858. The fraction of sp³-hybridized carbons (Fsp3) is 0.636. The predicted molar refractivity (Wildman–Crippen MR) is 112 cm³/mol. The highest BCUT2D eigenvalue weighted by molar-refractivity contribution is 5.52. The van der Waals surface area contributed by atoms with Crippen molar-refractivity contribution in [2.24, 2.45) is 0 Å². The highest BCUT2D eigenvalue weighted by Gasteiger charge is 2.27. The van der Waals surface area contributed by atoms with E-state index in [0.717, 1.165) is 88.1 Å². The van der Waals surface area contributed by atoms with Gasteiger partial charge in [0.1, 0.15) is 17.5 Å². The normalized spacial score (nSPS) is 22.8. The van der Waals surface area contributed by atoms with Gasteiger partial charge < -0.3 is 14.8 Å². The summed E-state index contributed by atoms with van der Waals surface area (Å²) in [5.74, 6) is 2.58. The molecule has 2 aromatic rings. The fourth-order valence-corrected chi connectivity index (χ4v) is 5.06. The van der Waals surface area contributed by atoms with Gasteiger partial charge in [-0.05, 0) is 62.4 Å². The summed E-state index contributed by atoms with van der Waals surface area (Å²) < 4.78 is 17.1. The van der Waals surface area contributed by atoms with Crippen LogP contribution in [0.1, 0.15) is 54.4 Å². The lowest BCUT2D eigenvalue weighted by Crippen LogP contribution is -2.36. The van der Waals surface area contributed by atoms with Crippen LogP contribution < -0.4 is 10.2 Å². The molecule has 1 N–H and O–H groups in total. The third-order valence-corrected chi connectivity index (χ3v) is 6.77. The summed E-state index contributed by atoms with van der Waals surface area (Å²) in [7, 11) is 0. The number of hydrogen-bond acceptors (Lipinski definition) is 5. The van der Waals surface area contributed by atoms with Crippen LogP contribution in [0.5, 0.6) is 0 Å². The Morgan fingerprint density at radius 1 is 1.10 bits per heavy atom. The summed E-state index contributed by atoms with van der Waals surface area (Å²) in [5, 5.41) is 12.5. The number of anilines is 1. The Morgan fingerprint density at radius 2 is 1.97 bits per heavy atom. The topological polar surface area (TPSA) is 49.2 Å². The third kappa shape index (κ3) is 3.78. The SMILES string of the molecule is Cc1cc(N2CCCC2)c(F)cc1CN1CCn2c(nnc2C2CCCNC2)C1. The zero-order chi connectivity index (χ0) is 19.8. The van der Waals surface area contributed by atoms with Gasteiger partial charge in [-0.15, -0.1) is 10.2 Å². The first-order chi connectivity index (χ1) is 14.2. The van der Waals surface area contributed by atoms with Gasteiger partial charge in [-0.1, -0.05) is 0 Å². The van der Waals surface area contributed by atoms with E-state index in [9.17, 15) is 4.39 Å². The zero-order valence-electron chi connectivity index (χ0n) is 17.3. The second-order valence-corrected chi connectivity index (χ2v) is 8.80. The maximum atomic E-state index is 14.8. The van der Waals surface area contributed by atoms with E-state index in [0.29, 0.717) is 5.92 Å². The highest BCUT2D eigenvalue weighted by atomic mass is 19.1. The average Bonchev–Trinajstić information content (AvgIpc) is 3.41. The number of aromatic nitrogens is 3. The van der Waals surface area contributed by atoms with E-state index in [2.05, 4.69) is 36.8 Å². The van der Waals surface area contributed by atoms with Crippen molar-refractivity contribution in [3.63, 3.8) is 0 Å². The van der Waals surface area contributed by atoms with Crippen LogP contribution >= 0.6 is 0 Å². The number of rotatable bonds is 4. The first kappa shape index (κ1) is 19.0. The monoisotopic (exact) mass is 398 g/mol. The maximum absolute atomic E-state index is 14.8. The first-order valence-corrected chi connectivity index (χ1v) is 11.1. The van der Waals surface area contributed by atoms with Crippen molar-refractivity contribution < 1.29 is 4.39 Å². The summed E-state index contributed by atoms with van der Waals surface area (Å²) in [6.45, 7) is 9.57. The molecular weight excluding hydrogens is 367 g/mol. The number of benzene rings is 1. The minimum absolute atomic E-state index is 0.0836. The van der Waals surface area contributed by atoms with Crippen molar-refractivity contribution in [1.82, 2.24) is 25.0 Å². The van der Waals surface area contributed by atoms with E-state index in [1.54, 1.807) is 6.07 Å². The van der Waals surface area contributed by atoms with Crippen LogP contribution in [0.15, 0.2) is 12.1 Å². The Bertz CT molecular complexity index is 866. The summed E-state index contributed by atoms with van der Waals surface area (Å²) >= 11 is 0.